The van der Waals surface area contributed by atoms with Crippen LogP contribution in [0, 0.1) is 6.92 Å². The number of fused-ring (bicyclic) bond motifs is 1. The van der Waals surface area contributed by atoms with Crippen LogP contribution < -0.4 is 10.2 Å². The van der Waals surface area contributed by atoms with E-state index in [1.807, 2.05) is 12.3 Å². The smallest absolute Gasteiger partial charge is 0.243 e. The summed E-state index contributed by atoms with van der Waals surface area (Å²) in [4.78, 5) is 28.7. The zero-order valence-corrected chi connectivity index (χ0v) is 19.7. The van der Waals surface area contributed by atoms with Gasteiger partial charge in [0.05, 0.1) is 16.3 Å². The SMILES string of the molecule is Cc1ccsc1CCNC(=O)CN1C(=O)CSc2ccc(S(=O)(=O)N3CCCC3)cc21. The maximum Gasteiger partial charge on any atom is 0.243 e. The first kappa shape index (κ1) is 22.3. The summed E-state index contributed by atoms with van der Waals surface area (Å²) in [5.74, 6) is -0.224. The molecule has 2 amide bonds. The highest BCUT2D eigenvalue weighted by Gasteiger charge is 2.31. The minimum absolute atomic E-state index is 0.122. The molecule has 3 heterocycles. The van der Waals surface area contributed by atoms with E-state index in [-0.39, 0.29) is 29.0 Å². The predicted octanol–water partition coefficient (Wildman–Crippen LogP) is 2.64. The zero-order chi connectivity index (χ0) is 22.0. The number of nitrogens with zero attached hydrogens (tertiary/aromatic N) is 2. The van der Waals surface area contributed by atoms with E-state index in [9.17, 15) is 18.0 Å². The average Bonchev–Trinajstić information content (AvgIpc) is 3.42. The minimum Gasteiger partial charge on any atom is -0.354 e. The van der Waals surface area contributed by atoms with E-state index in [2.05, 4.69) is 11.4 Å². The van der Waals surface area contributed by atoms with Gasteiger partial charge in [0.1, 0.15) is 6.54 Å². The third-order valence-corrected chi connectivity index (χ3v) is 9.55. The first-order chi connectivity index (χ1) is 14.9. The number of thioether (sulfide) groups is 1. The van der Waals surface area contributed by atoms with Crippen molar-refractivity contribution < 1.29 is 18.0 Å². The fourth-order valence-electron chi connectivity index (χ4n) is 3.77. The van der Waals surface area contributed by atoms with Crippen molar-refractivity contribution in [1.29, 1.82) is 0 Å². The van der Waals surface area contributed by atoms with Gasteiger partial charge < -0.3 is 10.2 Å². The van der Waals surface area contributed by atoms with E-state index in [1.165, 1.54) is 37.5 Å². The van der Waals surface area contributed by atoms with Gasteiger partial charge >= 0.3 is 0 Å². The predicted molar refractivity (Wildman–Crippen MR) is 123 cm³/mol. The third-order valence-electron chi connectivity index (χ3n) is 5.52. The first-order valence-electron chi connectivity index (χ1n) is 10.2. The molecule has 2 aromatic rings. The van der Waals surface area contributed by atoms with Crippen LogP contribution >= 0.6 is 23.1 Å². The van der Waals surface area contributed by atoms with Crippen molar-refractivity contribution in [3.05, 3.63) is 40.1 Å². The van der Waals surface area contributed by atoms with E-state index in [0.717, 1.165) is 24.2 Å². The highest BCUT2D eigenvalue weighted by Crippen LogP contribution is 2.37. The van der Waals surface area contributed by atoms with Gasteiger partial charge in [-0.25, -0.2) is 8.42 Å². The molecular formula is C21H25N3O4S3. The molecule has 10 heteroatoms. The van der Waals surface area contributed by atoms with Crippen LogP contribution in [0.3, 0.4) is 0 Å². The third kappa shape index (κ3) is 4.82. The van der Waals surface area contributed by atoms with Crippen LogP contribution in [0.4, 0.5) is 5.69 Å². The van der Waals surface area contributed by atoms with Crippen molar-refractivity contribution in [2.75, 3.05) is 36.8 Å². The van der Waals surface area contributed by atoms with E-state index < -0.39 is 10.0 Å². The van der Waals surface area contributed by atoms with Crippen molar-refractivity contribution in [3.8, 4) is 0 Å². The van der Waals surface area contributed by atoms with Crippen molar-refractivity contribution in [2.24, 2.45) is 0 Å². The number of sulfonamides is 1. The molecule has 1 aromatic heterocycles. The number of rotatable bonds is 7. The summed E-state index contributed by atoms with van der Waals surface area (Å²) in [6.07, 6.45) is 2.46. The van der Waals surface area contributed by atoms with Crippen molar-refractivity contribution in [2.45, 2.75) is 36.0 Å². The molecule has 1 N–H and O–H groups in total. The van der Waals surface area contributed by atoms with Crippen molar-refractivity contribution in [1.82, 2.24) is 9.62 Å². The van der Waals surface area contributed by atoms with Crippen LogP contribution in [0.5, 0.6) is 0 Å². The Labute approximate surface area is 190 Å². The van der Waals surface area contributed by atoms with Gasteiger partial charge in [0.15, 0.2) is 0 Å². The van der Waals surface area contributed by atoms with Crippen molar-refractivity contribution in [3.63, 3.8) is 0 Å². The number of carbonyl (C=O) groups is 2. The largest absolute Gasteiger partial charge is 0.354 e. The minimum atomic E-state index is -3.60. The van der Waals surface area contributed by atoms with Crippen LogP contribution in [-0.4, -0.2) is 56.5 Å². The van der Waals surface area contributed by atoms with Gasteiger partial charge in [0.25, 0.3) is 0 Å². The summed E-state index contributed by atoms with van der Waals surface area (Å²) in [5, 5.41) is 4.91. The number of anilines is 1. The van der Waals surface area contributed by atoms with Gasteiger partial charge in [0.2, 0.25) is 21.8 Å². The number of hydrogen-bond donors (Lipinski definition) is 1. The molecule has 0 radical (unpaired) electrons. The molecule has 166 valence electrons. The summed E-state index contributed by atoms with van der Waals surface area (Å²) in [6, 6.07) is 6.92. The maximum atomic E-state index is 12.9. The van der Waals surface area contributed by atoms with Crippen LogP contribution in [-0.2, 0) is 26.0 Å². The Morgan fingerprint density at radius 3 is 2.68 bits per heavy atom. The number of carbonyl (C=O) groups excluding carboxylic acids is 2. The number of nitrogens with one attached hydrogen (secondary N) is 1. The molecular weight excluding hydrogens is 454 g/mol. The second-order valence-corrected chi connectivity index (χ2v) is 11.6. The molecule has 0 aliphatic carbocycles. The Bertz CT molecular complexity index is 1090. The fourth-order valence-corrected chi connectivity index (χ4v) is 7.13. The molecule has 0 bridgehead atoms. The molecule has 0 spiro atoms. The molecule has 0 atom stereocenters. The topological polar surface area (TPSA) is 86.8 Å². The number of benzene rings is 1. The van der Waals surface area contributed by atoms with Crippen LogP contribution in [0.1, 0.15) is 23.3 Å². The van der Waals surface area contributed by atoms with Gasteiger partial charge in [-0.1, -0.05) is 0 Å². The lowest BCUT2D eigenvalue weighted by Crippen LogP contribution is -2.43. The molecule has 0 saturated carbocycles. The first-order valence-corrected chi connectivity index (χ1v) is 13.5. The van der Waals surface area contributed by atoms with Crippen LogP contribution in [0.2, 0.25) is 0 Å². The van der Waals surface area contributed by atoms with Crippen molar-refractivity contribution >= 4 is 50.6 Å². The number of amides is 2. The van der Waals surface area contributed by atoms with Gasteiger partial charge in [-0.3, -0.25) is 9.59 Å². The van der Waals surface area contributed by atoms with E-state index in [4.69, 9.17) is 0 Å². The Morgan fingerprint density at radius 2 is 1.97 bits per heavy atom. The lowest BCUT2D eigenvalue weighted by atomic mass is 10.2. The standard InChI is InChI=1S/C21H25N3O4S3/c1-15-7-11-29-18(15)6-8-22-20(25)13-24-17-12-16(4-5-19(17)30-14-21(24)26)31(27,28)23-9-2-3-10-23/h4-5,7,11-12H,2-3,6,8-10,13-14H2,1H3,(H,22,25). The molecule has 7 nitrogen and oxygen atoms in total. The monoisotopic (exact) mass is 479 g/mol. The summed E-state index contributed by atoms with van der Waals surface area (Å²) in [6.45, 7) is 3.45. The lowest BCUT2D eigenvalue weighted by molar-refractivity contribution is -0.122. The summed E-state index contributed by atoms with van der Waals surface area (Å²) >= 11 is 3.03. The van der Waals surface area contributed by atoms with Gasteiger partial charge in [0, 0.05) is 29.4 Å². The Kier molecular flexibility index (Phi) is 6.71. The Balaban J connectivity index is 1.48. The average molecular weight is 480 g/mol. The lowest BCUT2D eigenvalue weighted by Gasteiger charge is -2.29. The van der Waals surface area contributed by atoms with Gasteiger partial charge in [-0.2, -0.15) is 4.31 Å². The Hall–Kier alpha value is -1.88. The number of thiophene rings is 1. The van der Waals surface area contributed by atoms with E-state index >= 15 is 0 Å². The molecule has 2 aliphatic rings. The maximum absolute atomic E-state index is 12.9. The molecule has 31 heavy (non-hydrogen) atoms. The molecule has 4 rings (SSSR count). The second kappa shape index (κ2) is 9.32. The zero-order valence-electron chi connectivity index (χ0n) is 17.3. The molecule has 0 unspecified atom stereocenters. The van der Waals surface area contributed by atoms with Gasteiger partial charge in [-0.05, 0) is 61.4 Å². The molecule has 1 fully saturated rings. The molecule has 1 aromatic carbocycles. The molecule has 1 saturated heterocycles. The molecule has 2 aliphatic heterocycles. The Morgan fingerprint density at radius 1 is 1.19 bits per heavy atom. The quantitative estimate of drug-likeness (QED) is 0.660. The van der Waals surface area contributed by atoms with E-state index in [1.54, 1.807) is 23.5 Å². The number of hydrogen-bond acceptors (Lipinski definition) is 6. The highest BCUT2D eigenvalue weighted by molar-refractivity contribution is 8.00. The summed E-state index contributed by atoms with van der Waals surface area (Å²) in [5.41, 5.74) is 1.70. The fraction of sp³-hybridized carbons (Fsp3) is 0.429. The highest BCUT2D eigenvalue weighted by atomic mass is 32.2. The van der Waals surface area contributed by atoms with Crippen LogP contribution in [0.15, 0.2) is 39.4 Å². The summed E-state index contributed by atoms with van der Waals surface area (Å²) in [7, 11) is -3.60. The van der Waals surface area contributed by atoms with Gasteiger partial charge in [-0.15, -0.1) is 23.1 Å². The van der Waals surface area contributed by atoms with Crippen LogP contribution in [0.25, 0.3) is 0 Å². The normalized spacial score (nSPS) is 17.1. The van der Waals surface area contributed by atoms with E-state index in [0.29, 0.717) is 25.3 Å². The summed E-state index contributed by atoms with van der Waals surface area (Å²) < 4.78 is 27.4. The number of aryl methyl sites for hydroxylation is 1. The second-order valence-electron chi connectivity index (χ2n) is 7.64.